The number of fused-ring (bicyclic) bond motifs is 1. The van der Waals surface area contributed by atoms with Crippen LogP contribution in [0.15, 0.2) is 36.4 Å². The monoisotopic (exact) mass is 447 g/mol. The Bertz CT molecular complexity index is 1050. The summed E-state index contributed by atoms with van der Waals surface area (Å²) in [6.45, 7) is 3.47. The van der Waals surface area contributed by atoms with Gasteiger partial charge in [0.2, 0.25) is 0 Å². The van der Waals surface area contributed by atoms with Gasteiger partial charge in [0, 0.05) is 5.56 Å². The molecule has 5 nitrogen and oxygen atoms in total. The number of esters is 1. The van der Waals surface area contributed by atoms with Gasteiger partial charge in [-0.1, -0.05) is 18.2 Å². The maximum absolute atomic E-state index is 15.2. The first kappa shape index (κ1) is 22.2. The van der Waals surface area contributed by atoms with Gasteiger partial charge in [-0.3, -0.25) is 4.79 Å². The van der Waals surface area contributed by atoms with Crippen molar-refractivity contribution in [3.63, 3.8) is 0 Å². The fraction of sp³-hybridized carbons (Fsp3) is 0.417. The molecule has 1 N–H and O–H groups in total. The summed E-state index contributed by atoms with van der Waals surface area (Å²) in [5, 5.41) is 2.17. The summed E-state index contributed by atoms with van der Waals surface area (Å²) in [6.07, 6.45) is 0.540. The highest BCUT2D eigenvalue weighted by Gasteiger charge is 2.56. The molecule has 1 fully saturated rings. The van der Waals surface area contributed by atoms with Crippen molar-refractivity contribution in [3.8, 4) is 5.75 Å². The van der Waals surface area contributed by atoms with Gasteiger partial charge in [-0.15, -0.1) is 0 Å². The zero-order valence-corrected chi connectivity index (χ0v) is 17.8. The van der Waals surface area contributed by atoms with Crippen LogP contribution in [0.1, 0.15) is 69.8 Å². The maximum Gasteiger partial charge on any atom is 0.338 e. The van der Waals surface area contributed by atoms with Gasteiger partial charge in [-0.25, -0.2) is 9.18 Å². The van der Waals surface area contributed by atoms with Gasteiger partial charge in [0.05, 0.1) is 23.8 Å². The zero-order valence-electron chi connectivity index (χ0n) is 17.8. The molecule has 1 amide bonds. The molecule has 0 saturated heterocycles. The van der Waals surface area contributed by atoms with Crippen molar-refractivity contribution >= 4 is 11.9 Å². The van der Waals surface area contributed by atoms with Crippen LogP contribution in [0, 0.1) is 6.92 Å². The molecule has 2 aromatic carbocycles. The Kier molecular flexibility index (Phi) is 5.88. The highest BCUT2D eigenvalue weighted by Crippen LogP contribution is 2.49. The molecule has 2 aliphatic rings. The summed E-state index contributed by atoms with van der Waals surface area (Å²) >= 11 is 0. The minimum atomic E-state index is -3.66. The van der Waals surface area contributed by atoms with Gasteiger partial charge in [0.15, 0.2) is 6.17 Å². The van der Waals surface area contributed by atoms with E-state index in [0.717, 1.165) is 31.4 Å². The summed E-state index contributed by atoms with van der Waals surface area (Å²) in [6, 6.07) is 6.00. The third kappa shape index (κ3) is 3.82. The maximum atomic E-state index is 15.2. The van der Waals surface area contributed by atoms with Crippen LogP contribution in [0.25, 0.3) is 0 Å². The number of rotatable bonds is 6. The minimum Gasteiger partial charge on any atom is -0.489 e. The number of nitrogens with one attached hydrogen (secondary N) is 1. The van der Waals surface area contributed by atoms with Crippen molar-refractivity contribution in [2.24, 2.45) is 0 Å². The number of alkyl halides is 3. The lowest BCUT2D eigenvalue weighted by atomic mass is 9.96. The quantitative estimate of drug-likeness (QED) is 0.632. The third-order valence-corrected chi connectivity index (χ3v) is 5.98. The smallest absolute Gasteiger partial charge is 0.338 e. The number of amides is 1. The molecule has 1 saturated carbocycles. The Morgan fingerprint density at radius 2 is 1.94 bits per heavy atom. The molecule has 0 heterocycles. The van der Waals surface area contributed by atoms with E-state index in [1.807, 2.05) is 0 Å². The molecule has 0 spiro atoms. The molecule has 170 valence electrons. The highest BCUT2D eigenvalue weighted by atomic mass is 19.3. The average Bonchev–Trinajstić information content (AvgIpc) is 2.91. The average molecular weight is 447 g/mol. The van der Waals surface area contributed by atoms with E-state index in [2.05, 4.69) is 5.32 Å². The number of benzene rings is 2. The number of halogens is 3. The van der Waals surface area contributed by atoms with Crippen LogP contribution >= 0.6 is 0 Å². The molecule has 0 aliphatic heterocycles. The first-order valence-corrected chi connectivity index (χ1v) is 10.6. The van der Waals surface area contributed by atoms with Crippen LogP contribution in [-0.2, 0) is 10.7 Å². The van der Waals surface area contributed by atoms with Gasteiger partial charge < -0.3 is 14.8 Å². The molecule has 0 radical (unpaired) electrons. The largest absolute Gasteiger partial charge is 0.489 e. The van der Waals surface area contributed by atoms with E-state index in [-0.39, 0.29) is 29.4 Å². The Morgan fingerprint density at radius 1 is 1.19 bits per heavy atom. The predicted octanol–water partition coefficient (Wildman–Crippen LogP) is 5.02. The van der Waals surface area contributed by atoms with Gasteiger partial charge in [0.1, 0.15) is 11.8 Å². The van der Waals surface area contributed by atoms with E-state index in [9.17, 15) is 9.59 Å². The van der Waals surface area contributed by atoms with Crippen LogP contribution in [0.5, 0.6) is 5.75 Å². The molecular formula is C24H24F3NO4. The number of carbonyl (C=O) groups is 2. The van der Waals surface area contributed by atoms with E-state index < -0.39 is 35.6 Å². The van der Waals surface area contributed by atoms with Crippen LogP contribution in [-0.4, -0.2) is 30.6 Å². The Morgan fingerprint density at radius 3 is 2.59 bits per heavy atom. The number of hydrogen-bond acceptors (Lipinski definition) is 4. The van der Waals surface area contributed by atoms with E-state index in [4.69, 9.17) is 9.47 Å². The molecule has 0 aromatic heterocycles. The van der Waals surface area contributed by atoms with Gasteiger partial charge >= 0.3 is 5.97 Å². The molecule has 2 atom stereocenters. The first-order valence-electron chi connectivity index (χ1n) is 10.6. The number of para-hydroxylation sites is 1. The molecule has 8 heteroatoms. The number of ether oxygens (including phenoxy) is 2. The summed E-state index contributed by atoms with van der Waals surface area (Å²) < 4.78 is 56.0. The topological polar surface area (TPSA) is 64.6 Å². The second-order valence-corrected chi connectivity index (χ2v) is 8.12. The van der Waals surface area contributed by atoms with Crippen molar-refractivity contribution in [2.45, 2.75) is 57.3 Å². The lowest BCUT2D eigenvalue weighted by molar-refractivity contribution is -0.0480. The van der Waals surface area contributed by atoms with Crippen molar-refractivity contribution in [1.29, 1.82) is 0 Å². The van der Waals surface area contributed by atoms with Crippen molar-refractivity contribution in [3.05, 3.63) is 64.2 Å². The van der Waals surface area contributed by atoms with E-state index in [1.54, 1.807) is 26.0 Å². The number of hydrogen-bond donors (Lipinski definition) is 1. The molecular weight excluding hydrogens is 423 g/mol. The van der Waals surface area contributed by atoms with Crippen LogP contribution in [0.4, 0.5) is 13.2 Å². The van der Waals surface area contributed by atoms with E-state index in [1.165, 1.54) is 12.1 Å². The summed E-state index contributed by atoms with van der Waals surface area (Å²) in [7, 11) is 0. The molecule has 2 aromatic rings. The van der Waals surface area contributed by atoms with Crippen molar-refractivity contribution < 1.29 is 32.2 Å². The van der Waals surface area contributed by atoms with Crippen LogP contribution in [0.2, 0.25) is 0 Å². The first-order chi connectivity index (χ1) is 15.2. The molecule has 4 rings (SSSR count). The van der Waals surface area contributed by atoms with E-state index in [0.29, 0.717) is 11.3 Å². The Labute approximate surface area is 183 Å². The molecule has 0 bridgehead atoms. The predicted molar refractivity (Wildman–Crippen MR) is 111 cm³/mol. The highest BCUT2D eigenvalue weighted by molar-refractivity contribution is 5.97. The SMILES string of the molecule is CCOC(=O)c1ccc2c(c1)C(F)C(NC(=O)c1cccc(C)c1OC1CCC1)C2(F)F. The zero-order chi connectivity index (χ0) is 23.0. The van der Waals surface area contributed by atoms with E-state index >= 15 is 13.2 Å². The lowest BCUT2D eigenvalue weighted by Gasteiger charge is -2.29. The number of carbonyl (C=O) groups excluding carboxylic acids is 2. The summed E-state index contributed by atoms with van der Waals surface area (Å²) in [5.41, 5.74) is -0.129. The Balaban J connectivity index is 1.60. The van der Waals surface area contributed by atoms with Gasteiger partial charge in [-0.05, 0) is 62.4 Å². The van der Waals surface area contributed by atoms with Gasteiger partial charge in [0.25, 0.3) is 11.8 Å². The Hall–Kier alpha value is -3.03. The number of aryl methyl sites for hydroxylation is 1. The summed E-state index contributed by atoms with van der Waals surface area (Å²) in [5.74, 6) is -4.89. The second kappa shape index (κ2) is 8.48. The van der Waals surface area contributed by atoms with Crippen LogP contribution < -0.4 is 10.1 Å². The van der Waals surface area contributed by atoms with Crippen LogP contribution in [0.3, 0.4) is 0 Å². The second-order valence-electron chi connectivity index (χ2n) is 8.12. The molecule has 2 aliphatic carbocycles. The third-order valence-electron chi connectivity index (χ3n) is 5.98. The molecule has 2 unspecified atom stereocenters. The standard InChI is InChI=1S/C24H24F3NO4/c1-3-31-23(30)14-10-11-18-17(12-14)19(25)21(24(18,26)27)28-22(29)16-9-4-6-13(2)20(16)32-15-7-5-8-15/h4,6,9-12,15,19,21H,3,5,7-8H2,1-2H3,(H,28,29). The van der Waals surface area contributed by atoms with Gasteiger partial charge in [-0.2, -0.15) is 8.78 Å². The fourth-order valence-electron chi connectivity index (χ4n) is 3.99. The minimum absolute atomic E-state index is 0.0185. The van der Waals surface area contributed by atoms with Crippen molar-refractivity contribution in [1.82, 2.24) is 5.32 Å². The lowest BCUT2D eigenvalue weighted by Crippen LogP contribution is -2.45. The van der Waals surface area contributed by atoms with Crippen molar-refractivity contribution in [2.75, 3.05) is 6.61 Å². The fourth-order valence-corrected chi connectivity index (χ4v) is 3.99. The summed E-state index contributed by atoms with van der Waals surface area (Å²) in [4.78, 5) is 24.9. The molecule has 32 heavy (non-hydrogen) atoms. The normalized spacial score (nSPS) is 21.4.